The molecule has 2 rings (SSSR count). The van der Waals surface area contributed by atoms with Crippen LogP contribution in [0.1, 0.15) is 5.56 Å². The predicted molar refractivity (Wildman–Crippen MR) is 93.0 cm³/mol. The first kappa shape index (κ1) is 15.4. The number of halogens is 3. The zero-order chi connectivity index (χ0) is 14.7. The zero-order valence-corrected chi connectivity index (χ0v) is 14.2. The van der Waals surface area contributed by atoms with Gasteiger partial charge in [-0.1, -0.05) is 23.2 Å². The number of rotatable bonds is 2. The van der Waals surface area contributed by atoms with E-state index in [9.17, 15) is 4.79 Å². The summed E-state index contributed by atoms with van der Waals surface area (Å²) >= 11 is 14.0. The SMILES string of the molecule is Cc1cc(I)ccc1NC(=O)Nc1ccc(Cl)cc1Cl. The van der Waals surface area contributed by atoms with Crippen molar-refractivity contribution in [2.45, 2.75) is 6.92 Å². The highest BCUT2D eigenvalue weighted by molar-refractivity contribution is 14.1. The Kier molecular flexibility index (Phi) is 5.12. The normalized spacial score (nSPS) is 10.2. The van der Waals surface area contributed by atoms with E-state index < -0.39 is 0 Å². The Morgan fingerprint density at radius 3 is 2.35 bits per heavy atom. The lowest BCUT2D eigenvalue weighted by atomic mass is 10.2. The zero-order valence-electron chi connectivity index (χ0n) is 10.5. The van der Waals surface area contributed by atoms with Crippen molar-refractivity contribution in [2.75, 3.05) is 10.6 Å². The first-order chi connectivity index (χ1) is 9.45. The molecule has 3 nitrogen and oxygen atoms in total. The Hall–Kier alpha value is -0.980. The Morgan fingerprint density at radius 2 is 1.70 bits per heavy atom. The van der Waals surface area contributed by atoms with Gasteiger partial charge in [-0.25, -0.2) is 4.79 Å². The summed E-state index contributed by atoms with van der Waals surface area (Å²) in [6, 6.07) is 10.3. The molecule has 2 amide bonds. The fourth-order valence-electron chi connectivity index (χ4n) is 1.63. The number of carbonyl (C=O) groups is 1. The van der Waals surface area contributed by atoms with Gasteiger partial charge in [0, 0.05) is 14.3 Å². The summed E-state index contributed by atoms with van der Waals surface area (Å²) < 4.78 is 1.12. The maximum Gasteiger partial charge on any atom is 0.323 e. The lowest BCUT2D eigenvalue weighted by Crippen LogP contribution is -2.20. The highest BCUT2D eigenvalue weighted by Gasteiger charge is 2.08. The van der Waals surface area contributed by atoms with Crippen molar-refractivity contribution in [3.8, 4) is 0 Å². The van der Waals surface area contributed by atoms with Crippen LogP contribution in [0.4, 0.5) is 16.2 Å². The van der Waals surface area contributed by atoms with Crippen molar-refractivity contribution < 1.29 is 4.79 Å². The Morgan fingerprint density at radius 1 is 1.05 bits per heavy atom. The van der Waals surface area contributed by atoms with Crippen molar-refractivity contribution in [3.63, 3.8) is 0 Å². The maximum atomic E-state index is 11.9. The number of hydrogen-bond donors (Lipinski definition) is 2. The third-order valence-electron chi connectivity index (χ3n) is 2.62. The van der Waals surface area contributed by atoms with E-state index in [-0.39, 0.29) is 6.03 Å². The Balaban J connectivity index is 2.09. The minimum atomic E-state index is -0.349. The molecule has 0 bridgehead atoms. The predicted octanol–water partition coefficient (Wildman–Crippen LogP) is 5.55. The monoisotopic (exact) mass is 420 g/mol. The van der Waals surface area contributed by atoms with Crippen molar-refractivity contribution in [3.05, 3.63) is 55.6 Å². The summed E-state index contributed by atoms with van der Waals surface area (Å²) in [4.78, 5) is 11.9. The molecule has 0 aliphatic carbocycles. The quantitative estimate of drug-likeness (QED) is 0.614. The number of nitrogens with one attached hydrogen (secondary N) is 2. The number of carbonyl (C=O) groups excluding carboxylic acids is 1. The average Bonchev–Trinajstić information content (AvgIpc) is 2.36. The van der Waals surface area contributed by atoms with E-state index in [1.807, 2.05) is 25.1 Å². The average molecular weight is 421 g/mol. The van der Waals surface area contributed by atoms with E-state index in [0.717, 1.165) is 14.8 Å². The van der Waals surface area contributed by atoms with E-state index in [4.69, 9.17) is 23.2 Å². The molecule has 0 aromatic heterocycles. The van der Waals surface area contributed by atoms with Crippen LogP contribution in [-0.4, -0.2) is 6.03 Å². The largest absolute Gasteiger partial charge is 0.323 e. The van der Waals surface area contributed by atoms with Gasteiger partial charge in [-0.05, 0) is 71.5 Å². The molecule has 0 aliphatic heterocycles. The van der Waals surface area contributed by atoms with Crippen LogP contribution in [0, 0.1) is 10.5 Å². The summed E-state index contributed by atoms with van der Waals surface area (Å²) in [5, 5.41) is 6.39. The third kappa shape index (κ3) is 4.01. The Bertz CT molecular complexity index is 606. The summed E-state index contributed by atoms with van der Waals surface area (Å²) in [7, 11) is 0. The van der Waals surface area contributed by atoms with Crippen molar-refractivity contribution in [2.24, 2.45) is 0 Å². The van der Waals surface area contributed by atoms with E-state index >= 15 is 0 Å². The topological polar surface area (TPSA) is 41.1 Å². The molecule has 6 heteroatoms. The second-order valence-corrected chi connectivity index (χ2v) is 6.25. The fourth-order valence-corrected chi connectivity index (χ4v) is 2.74. The van der Waals surface area contributed by atoms with Gasteiger partial charge in [0.15, 0.2) is 0 Å². The van der Waals surface area contributed by atoms with Crippen LogP contribution in [-0.2, 0) is 0 Å². The molecule has 20 heavy (non-hydrogen) atoms. The van der Waals surface area contributed by atoms with Crippen molar-refractivity contribution in [1.29, 1.82) is 0 Å². The molecular formula is C14H11Cl2IN2O. The molecule has 0 fully saturated rings. The summed E-state index contributed by atoms with van der Waals surface area (Å²) in [5.41, 5.74) is 2.26. The van der Waals surface area contributed by atoms with Crippen LogP contribution in [0.15, 0.2) is 36.4 Å². The van der Waals surface area contributed by atoms with Crippen LogP contribution >= 0.6 is 45.8 Å². The van der Waals surface area contributed by atoms with Crippen LogP contribution in [0.5, 0.6) is 0 Å². The molecule has 0 atom stereocenters. The van der Waals surface area contributed by atoms with Gasteiger partial charge in [-0.2, -0.15) is 0 Å². The van der Waals surface area contributed by atoms with Crippen LogP contribution in [0.3, 0.4) is 0 Å². The molecule has 104 valence electrons. The first-order valence-electron chi connectivity index (χ1n) is 5.75. The second-order valence-electron chi connectivity index (χ2n) is 4.16. The molecule has 0 spiro atoms. The molecule has 0 radical (unpaired) electrons. The molecule has 0 aliphatic rings. The molecule has 0 saturated carbocycles. The van der Waals surface area contributed by atoms with Crippen molar-refractivity contribution >= 4 is 63.2 Å². The molecule has 2 aromatic rings. The number of amides is 2. The smallest absolute Gasteiger partial charge is 0.307 e. The number of benzene rings is 2. The molecule has 0 saturated heterocycles. The van der Waals surface area contributed by atoms with E-state index in [0.29, 0.717) is 15.7 Å². The number of hydrogen-bond acceptors (Lipinski definition) is 1. The van der Waals surface area contributed by atoms with Gasteiger partial charge >= 0.3 is 6.03 Å². The lowest BCUT2D eigenvalue weighted by molar-refractivity contribution is 0.262. The highest BCUT2D eigenvalue weighted by atomic mass is 127. The molecule has 0 heterocycles. The van der Waals surface area contributed by atoms with Gasteiger partial charge in [0.25, 0.3) is 0 Å². The van der Waals surface area contributed by atoms with Gasteiger partial charge in [-0.15, -0.1) is 0 Å². The first-order valence-corrected chi connectivity index (χ1v) is 7.58. The van der Waals surface area contributed by atoms with Gasteiger partial charge in [0.2, 0.25) is 0 Å². The molecule has 2 N–H and O–H groups in total. The van der Waals surface area contributed by atoms with Crippen LogP contribution in [0.25, 0.3) is 0 Å². The third-order valence-corrected chi connectivity index (χ3v) is 3.83. The molecule has 0 unspecified atom stereocenters. The van der Waals surface area contributed by atoms with E-state index in [1.165, 1.54) is 0 Å². The summed E-state index contributed by atoms with van der Waals surface area (Å²) in [5.74, 6) is 0. The van der Waals surface area contributed by atoms with Gasteiger partial charge < -0.3 is 10.6 Å². The fraction of sp³-hybridized carbons (Fsp3) is 0.0714. The number of aryl methyl sites for hydroxylation is 1. The van der Waals surface area contributed by atoms with E-state index in [2.05, 4.69) is 33.2 Å². The second kappa shape index (κ2) is 6.65. The standard InChI is InChI=1S/C14H11Cl2IN2O/c1-8-6-10(17)3-5-12(8)18-14(20)19-13-4-2-9(15)7-11(13)16/h2-7H,1H3,(H2,18,19,20). The molecule has 2 aromatic carbocycles. The van der Waals surface area contributed by atoms with Crippen LogP contribution < -0.4 is 10.6 Å². The van der Waals surface area contributed by atoms with Crippen molar-refractivity contribution in [1.82, 2.24) is 0 Å². The number of anilines is 2. The van der Waals surface area contributed by atoms with Gasteiger partial charge in [0.1, 0.15) is 0 Å². The molecular weight excluding hydrogens is 410 g/mol. The summed E-state index contributed by atoms with van der Waals surface area (Å²) in [6.45, 7) is 1.94. The Labute approximate surface area is 140 Å². The summed E-state index contributed by atoms with van der Waals surface area (Å²) in [6.07, 6.45) is 0. The van der Waals surface area contributed by atoms with Gasteiger partial charge in [-0.3, -0.25) is 0 Å². The van der Waals surface area contributed by atoms with Gasteiger partial charge in [0.05, 0.1) is 10.7 Å². The van der Waals surface area contributed by atoms with E-state index in [1.54, 1.807) is 18.2 Å². The minimum Gasteiger partial charge on any atom is -0.307 e. The van der Waals surface area contributed by atoms with Crippen LogP contribution in [0.2, 0.25) is 10.0 Å². The maximum absolute atomic E-state index is 11.9. The lowest BCUT2D eigenvalue weighted by Gasteiger charge is -2.11. The highest BCUT2D eigenvalue weighted by Crippen LogP contribution is 2.25. The number of urea groups is 1. The minimum absolute atomic E-state index is 0.349.